The van der Waals surface area contributed by atoms with E-state index in [0.717, 1.165) is 37.5 Å². The van der Waals surface area contributed by atoms with Crippen molar-refractivity contribution < 1.29 is 4.74 Å². The van der Waals surface area contributed by atoms with Gasteiger partial charge in [-0.15, -0.1) is 0 Å². The average Bonchev–Trinajstić information content (AvgIpc) is 2.49. The summed E-state index contributed by atoms with van der Waals surface area (Å²) in [6.45, 7) is 6.47. The van der Waals surface area contributed by atoms with E-state index >= 15 is 0 Å². The maximum Gasteiger partial charge on any atom is 0.123 e. The molecular formula is C16H27N3O. The van der Waals surface area contributed by atoms with E-state index in [-0.39, 0.29) is 6.04 Å². The quantitative estimate of drug-likeness (QED) is 0.890. The number of para-hydroxylation sites is 1. The van der Waals surface area contributed by atoms with Crippen LogP contribution in [0.4, 0.5) is 0 Å². The maximum absolute atomic E-state index is 6.39. The molecule has 1 aromatic carbocycles. The summed E-state index contributed by atoms with van der Waals surface area (Å²) in [6, 6.07) is 8.71. The van der Waals surface area contributed by atoms with Crippen LogP contribution in [0.5, 0.6) is 5.75 Å². The molecule has 0 aliphatic carbocycles. The molecule has 0 saturated carbocycles. The van der Waals surface area contributed by atoms with Crippen molar-refractivity contribution in [1.82, 2.24) is 9.80 Å². The van der Waals surface area contributed by atoms with E-state index in [1.54, 1.807) is 7.11 Å². The minimum atomic E-state index is 0.00654. The number of methoxy groups -OCH3 is 1. The lowest BCUT2D eigenvalue weighted by atomic mass is 10.0. The van der Waals surface area contributed by atoms with Gasteiger partial charge in [0.2, 0.25) is 0 Å². The van der Waals surface area contributed by atoms with Crippen molar-refractivity contribution in [3.8, 4) is 5.75 Å². The summed E-state index contributed by atoms with van der Waals surface area (Å²) >= 11 is 0. The molecule has 0 amide bonds. The molecule has 4 nitrogen and oxygen atoms in total. The fourth-order valence-corrected chi connectivity index (χ4v) is 2.97. The lowest BCUT2D eigenvalue weighted by Crippen LogP contribution is -2.52. The van der Waals surface area contributed by atoms with Gasteiger partial charge in [-0.25, -0.2) is 0 Å². The lowest BCUT2D eigenvalue weighted by molar-refractivity contribution is 0.0888. The molecule has 4 heteroatoms. The summed E-state index contributed by atoms with van der Waals surface area (Å²) in [5.41, 5.74) is 7.49. The minimum absolute atomic E-state index is 0.00654. The van der Waals surface area contributed by atoms with Crippen molar-refractivity contribution in [2.45, 2.75) is 25.4 Å². The summed E-state index contributed by atoms with van der Waals surface area (Å²) in [5.74, 6) is 0.890. The van der Waals surface area contributed by atoms with Crippen LogP contribution in [0.15, 0.2) is 24.3 Å². The first-order valence-electron chi connectivity index (χ1n) is 7.46. The Labute approximate surface area is 122 Å². The Bertz CT molecular complexity index is 424. The molecular weight excluding hydrogens is 250 g/mol. The SMILES string of the molecule is CCC1CN(CC(N)c2ccccc2OC)CCN1C. The summed E-state index contributed by atoms with van der Waals surface area (Å²) in [6.07, 6.45) is 1.19. The van der Waals surface area contributed by atoms with E-state index in [1.165, 1.54) is 6.42 Å². The van der Waals surface area contributed by atoms with Crippen molar-refractivity contribution in [1.29, 1.82) is 0 Å². The van der Waals surface area contributed by atoms with Crippen LogP contribution in [0.3, 0.4) is 0 Å². The summed E-state index contributed by atoms with van der Waals surface area (Å²) in [5, 5.41) is 0. The molecule has 0 aromatic heterocycles. The molecule has 1 aliphatic rings. The van der Waals surface area contributed by atoms with E-state index < -0.39 is 0 Å². The molecule has 1 aliphatic heterocycles. The fourth-order valence-electron chi connectivity index (χ4n) is 2.97. The zero-order chi connectivity index (χ0) is 14.5. The molecule has 2 unspecified atom stereocenters. The maximum atomic E-state index is 6.39. The molecule has 112 valence electrons. The molecule has 2 N–H and O–H groups in total. The second-order valence-corrected chi connectivity index (χ2v) is 5.65. The molecule has 0 spiro atoms. The van der Waals surface area contributed by atoms with Crippen LogP contribution in [-0.4, -0.2) is 56.2 Å². The van der Waals surface area contributed by atoms with Gasteiger partial charge in [-0.05, 0) is 19.5 Å². The van der Waals surface area contributed by atoms with Gasteiger partial charge in [0.15, 0.2) is 0 Å². The van der Waals surface area contributed by atoms with E-state index in [4.69, 9.17) is 10.5 Å². The average molecular weight is 277 g/mol. The number of hydrogen-bond acceptors (Lipinski definition) is 4. The van der Waals surface area contributed by atoms with Gasteiger partial charge in [0.1, 0.15) is 5.75 Å². The van der Waals surface area contributed by atoms with Gasteiger partial charge in [0.25, 0.3) is 0 Å². The molecule has 0 bridgehead atoms. The van der Waals surface area contributed by atoms with Crippen LogP contribution >= 0.6 is 0 Å². The van der Waals surface area contributed by atoms with Crippen LogP contribution in [-0.2, 0) is 0 Å². The van der Waals surface area contributed by atoms with Crippen LogP contribution in [0.25, 0.3) is 0 Å². The Morgan fingerprint density at radius 3 is 2.80 bits per heavy atom. The molecule has 1 heterocycles. The van der Waals surface area contributed by atoms with Crippen molar-refractivity contribution in [2.75, 3.05) is 40.3 Å². The van der Waals surface area contributed by atoms with Crippen molar-refractivity contribution in [3.63, 3.8) is 0 Å². The van der Waals surface area contributed by atoms with Crippen molar-refractivity contribution in [3.05, 3.63) is 29.8 Å². The Morgan fingerprint density at radius 1 is 1.35 bits per heavy atom. The Kier molecular flexibility index (Phi) is 5.40. The second-order valence-electron chi connectivity index (χ2n) is 5.65. The van der Waals surface area contributed by atoms with E-state index in [9.17, 15) is 0 Å². The number of ether oxygens (including phenoxy) is 1. The van der Waals surface area contributed by atoms with E-state index in [1.807, 2.05) is 18.2 Å². The zero-order valence-corrected chi connectivity index (χ0v) is 12.9. The van der Waals surface area contributed by atoms with Crippen molar-refractivity contribution >= 4 is 0 Å². The number of nitrogens with two attached hydrogens (primary N) is 1. The van der Waals surface area contributed by atoms with Crippen LogP contribution in [0.1, 0.15) is 24.9 Å². The third kappa shape index (κ3) is 3.51. The number of benzene rings is 1. The standard InChI is InChI=1S/C16H27N3O/c1-4-13-11-19(10-9-18(13)2)12-15(17)14-7-5-6-8-16(14)20-3/h5-8,13,15H,4,9-12,17H2,1-3H3. The fraction of sp³-hybridized carbons (Fsp3) is 0.625. The monoisotopic (exact) mass is 277 g/mol. The molecule has 20 heavy (non-hydrogen) atoms. The van der Waals surface area contributed by atoms with Gasteiger partial charge in [-0.3, -0.25) is 4.90 Å². The van der Waals surface area contributed by atoms with Gasteiger partial charge >= 0.3 is 0 Å². The number of likely N-dealkylation sites (N-methyl/N-ethyl adjacent to an activating group) is 1. The van der Waals surface area contributed by atoms with Crippen LogP contribution in [0, 0.1) is 0 Å². The topological polar surface area (TPSA) is 41.7 Å². The highest BCUT2D eigenvalue weighted by atomic mass is 16.5. The van der Waals surface area contributed by atoms with Gasteiger partial charge in [0.05, 0.1) is 7.11 Å². The first-order chi connectivity index (χ1) is 9.65. The number of nitrogens with zero attached hydrogens (tertiary/aromatic N) is 2. The largest absolute Gasteiger partial charge is 0.496 e. The van der Waals surface area contributed by atoms with Gasteiger partial charge in [-0.2, -0.15) is 0 Å². The third-order valence-electron chi connectivity index (χ3n) is 4.33. The Balaban J connectivity index is 1.99. The van der Waals surface area contributed by atoms with Crippen molar-refractivity contribution in [2.24, 2.45) is 5.73 Å². The van der Waals surface area contributed by atoms with Gasteiger partial charge in [-0.1, -0.05) is 25.1 Å². The molecule has 1 fully saturated rings. The summed E-state index contributed by atoms with van der Waals surface area (Å²) in [4.78, 5) is 4.93. The smallest absolute Gasteiger partial charge is 0.123 e. The number of hydrogen-bond donors (Lipinski definition) is 1. The molecule has 1 aromatic rings. The molecule has 2 rings (SSSR count). The summed E-state index contributed by atoms with van der Waals surface area (Å²) in [7, 11) is 3.92. The lowest BCUT2D eigenvalue weighted by Gasteiger charge is -2.40. The molecule has 2 atom stereocenters. The van der Waals surface area contributed by atoms with Gasteiger partial charge < -0.3 is 15.4 Å². The highest BCUT2D eigenvalue weighted by Crippen LogP contribution is 2.24. The first kappa shape index (κ1) is 15.3. The predicted molar refractivity (Wildman–Crippen MR) is 83.1 cm³/mol. The van der Waals surface area contributed by atoms with E-state index in [2.05, 4.69) is 29.8 Å². The van der Waals surface area contributed by atoms with Crippen LogP contribution in [0.2, 0.25) is 0 Å². The number of rotatable bonds is 5. The molecule has 1 saturated heterocycles. The van der Waals surface area contributed by atoms with Crippen LogP contribution < -0.4 is 10.5 Å². The Morgan fingerprint density at radius 2 is 2.10 bits per heavy atom. The normalized spacial score (nSPS) is 22.7. The van der Waals surface area contributed by atoms with E-state index in [0.29, 0.717) is 6.04 Å². The molecule has 0 radical (unpaired) electrons. The number of piperazine rings is 1. The highest BCUT2D eigenvalue weighted by molar-refractivity contribution is 5.35. The third-order valence-corrected chi connectivity index (χ3v) is 4.33. The predicted octanol–water partition coefficient (Wildman–Crippen LogP) is 1.72. The second kappa shape index (κ2) is 7.07. The first-order valence-corrected chi connectivity index (χ1v) is 7.46. The Hall–Kier alpha value is -1.10. The minimum Gasteiger partial charge on any atom is -0.496 e. The highest BCUT2D eigenvalue weighted by Gasteiger charge is 2.24. The summed E-state index contributed by atoms with van der Waals surface area (Å²) < 4.78 is 5.41. The van der Waals surface area contributed by atoms with Gasteiger partial charge in [0, 0.05) is 43.8 Å². The zero-order valence-electron chi connectivity index (χ0n) is 12.9.